The van der Waals surface area contributed by atoms with E-state index in [1.165, 1.54) is 0 Å². The minimum atomic E-state index is -0.0827. The summed E-state index contributed by atoms with van der Waals surface area (Å²) in [6, 6.07) is 7.48. The van der Waals surface area contributed by atoms with Gasteiger partial charge in [0.1, 0.15) is 0 Å². The summed E-state index contributed by atoms with van der Waals surface area (Å²) >= 11 is 6.57. The van der Waals surface area contributed by atoms with E-state index in [0.29, 0.717) is 6.54 Å². The molecule has 0 aliphatic rings. The van der Waals surface area contributed by atoms with Crippen molar-refractivity contribution in [1.82, 2.24) is 5.32 Å². The van der Waals surface area contributed by atoms with Crippen LogP contribution in [0.5, 0.6) is 0 Å². The van der Waals surface area contributed by atoms with Crippen molar-refractivity contribution in [1.29, 1.82) is 0 Å². The smallest absolute Gasteiger partial charge is 0.238 e. The van der Waals surface area contributed by atoms with Gasteiger partial charge >= 0.3 is 0 Å². The van der Waals surface area contributed by atoms with Gasteiger partial charge in [0.15, 0.2) is 0 Å². The molecule has 0 fully saturated rings. The summed E-state index contributed by atoms with van der Waals surface area (Å²) in [5, 5.41) is 5.74. The first kappa shape index (κ1) is 13.4. The Morgan fingerprint density at radius 1 is 1.31 bits per heavy atom. The van der Waals surface area contributed by atoms with E-state index in [4.69, 9.17) is 0 Å². The number of anilines is 1. The average molecular weight is 348 g/mol. The number of halogens is 2. The van der Waals surface area contributed by atoms with Crippen LogP contribution < -0.4 is 10.6 Å². The highest BCUT2D eigenvalue weighted by atomic mass is 79.9. The van der Waals surface area contributed by atoms with E-state index in [1.54, 1.807) is 0 Å². The highest BCUT2D eigenvalue weighted by Crippen LogP contribution is 2.20. The minimum absolute atomic E-state index is 0.0827. The molecule has 16 heavy (non-hydrogen) atoms. The maximum absolute atomic E-state index is 11.5. The van der Waals surface area contributed by atoms with Gasteiger partial charge in [0.25, 0.3) is 0 Å². The molecule has 1 aromatic carbocycles. The molecular formula is C11H12Br2N2O. The molecule has 0 unspecified atom stereocenters. The molecule has 0 atom stereocenters. The Bertz CT molecular complexity index is 393. The van der Waals surface area contributed by atoms with E-state index >= 15 is 0 Å². The van der Waals surface area contributed by atoms with Gasteiger partial charge in [-0.05, 0) is 28.1 Å². The van der Waals surface area contributed by atoms with Crippen LogP contribution in [0.2, 0.25) is 0 Å². The molecule has 0 heterocycles. The van der Waals surface area contributed by atoms with Gasteiger partial charge in [0, 0.05) is 15.5 Å². The van der Waals surface area contributed by atoms with Gasteiger partial charge < -0.3 is 10.6 Å². The zero-order valence-electron chi connectivity index (χ0n) is 8.59. The number of carbonyl (C=O) groups excluding carboxylic acids is 1. The van der Waals surface area contributed by atoms with Gasteiger partial charge in [-0.1, -0.05) is 34.6 Å². The number of carbonyl (C=O) groups is 1. The predicted molar refractivity (Wildman–Crippen MR) is 73.7 cm³/mol. The molecule has 0 aliphatic carbocycles. The molecule has 1 aromatic rings. The van der Waals surface area contributed by atoms with E-state index < -0.39 is 0 Å². The standard InChI is InChI=1S/C11H12Br2N2O/c1-8(12)6-14-7-11(16)15-10-5-3-2-4-9(10)13/h2-5,14H,1,6-7H2,(H,15,16). The number of nitrogens with one attached hydrogen (secondary N) is 2. The summed E-state index contributed by atoms with van der Waals surface area (Å²) in [5.41, 5.74) is 0.770. The molecule has 0 bridgehead atoms. The number of para-hydroxylation sites is 1. The Morgan fingerprint density at radius 2 is 2.00 bits per heavy atom. The van der Waals surface area contributed by atoms with Gasteiger partial charge in [-0.3, -0.25) is 4.79 Å². The summed E-state index contributed by atoms with van der Waals surface area (Å²) in [6.07, 6.45) is 0. The summed E-state index contributed by atoms with van der Waals surface area (Å²) in [6.45, 7) is 4.49. The van der Waals surface area contributed by atoms with Crippen molar-refractivity contribution in [2.45, 2.75) is 0 Å². The van der Waals surface area contributed by atoms with Crippen LogP contribution in [0.1, 0.15) is 0 Å². The van der Waals surface area contributed by atoms with Crippen molar-refractivity contribution in [2.24, 2.45) is 0 Å². The van der Waals surface area contributed by atoms with E-state index in [2.05, 4.69) is 49.1 Å². The van der Waals surface area contributed by atoms with E-state index in [1.807, 2.05) is 24.3 Å². The lowest BCUT2D eigenvalue weighted by Gasteiger charge is -2.07. The topological polar surface area (TPSA) is 41.1 Å². The van der Waals surface area contributed by atoms with Crippen LogP contribution in [0.15, 0.2) is 39.8 Å². The summed E-state index contributed by atoms with van der Waals surface area (Å²) in [7, 11) is 0. The molecule has 0 aliphatic heterocycles. The number of rotatable bonds is 5. The Morgan fingerprint density at radius 3 is 2.62 bits per heavy atom. The van der Waals surface area contributed by atoms with Crippen LogP contribution in [0.4, 0.5) is 5.69 Å². The van der Waals surface area contributed by atoms with Gasteiger partial charge in [-0.15, -0.1) is 0 Å². The molecule has 86 valence electrons. The van der Waals surface area contributed by atoms with Gasteiger partial charge in [-0.25, -0.2) is 0 Å². The first-order valence-electron chi connectivity index (χ1n) is 4.68. The monoisotopic (exact) mass is 346 g/mol. The first-order chi connectivity index (χ1) is 7.59. The van der Waals surface area contributed by atoms with Gasteiger partial charge in [0.05, 0.1) is 12.2 Å². The van der Waals surface area contributed by atoms with E-state index in [-0.39, 0.29) is 12.5 Å². The maximum Gasteiger partial charge on any atom is 0.238 e. The van der Waals surface area contributed by atoms with Crippen molar-refractivity contribution in [2.75, 3.05) is 18.4 Å². The molecule has 0 aromatic heterocycles. The summed E-state index contributed by atoms with van der Waals surface area (Å²) in [4.78, 5) is 11.5. The van der Waals surface area contributed by atoms with Crippen LogP contribution in [-0.4, -0.2) is 19.0 Å². The van der Waals surface area contributed by atoms with E-state index in [9.17, 15) is 4.79 Å². The molecule has 1 amide bonds. The number of benzene rings is 1. The first-order valence-corrected chi connectivity index (χ1v) is 6.26. The van der Waals surface area contributed by atoms with Crippen molar-refractivity contribution in [3.05, 3.63) is 39.8 Å². The second-order valence-corrected chi connectivity index (χ2v) is 5.12. The van der Waals surface area contributed by atoms with Crippen LogP contribution in [0, 0.1) is 0 Å². The Labute approximate surface area is 112 Å². The molecule has 0 saturated carbocycles. The average Bonchev–Trinajstić information content (AvgIpc) is 2.21. The molecule has 0 spiro atoms. The predicted octanol–water partition coefficient (Wildman–Crippen LogP) is 2.89. The zero-order valence-corrected chi connectivity index (χ0v) is 11.8. The Kier molecular flexibility index (Phi) is 5.73. The van der Waals surface area contributed by atoms with E-state index in [0.717, 1.165) is 14.6 Å². The Hall–Kier alpha value is -0.650. The molecule has 2 N–H and O–H groups in total. The van der Waals surface area contributed by atoms with Crippen molar-refractivity contribution >= 4 is 43.5 Å². The van der Waals surface area contributed by atoms with Gasteiger partial charge in [-0.2, -0.15) is 0 Å². The molecule has 0 radical (unpaired) electrons. The van der Waals surface area contributed by atoms with Crippen LogP contribution in [-0.2, 0) is 4.79 Å². The fourth-order valence-electron chi connectivity index (χ4n) is 1.07. The zero-order chi connectivity index (χ0) is 12.0. The minimum Gasteiger partial charge on any atom is -0.324 e. The highest BCUT2D eigenvalue weighted by molar-refractivity contribution is 9.11. The third-order valence-electron chi connectivity index (χ3n) is 1.75. The van der Waals surface area contributed by atoms with Crippen molar-refractivity contribution in [3.8, 4) is 0 Å². The quantitative estimate of drug-likeness (QED) is 0.859. The fraction of sp³-hybridized carbons (Fsp3) is 0.182. The second-order valence-electron chi connectivity index (χ2n) is 3.15. The second kappa shape index (κ2) is 6.83. The highest BCUT2D eigenvalue weighted by Gasteiger charge is 2.03. The molecule has 0 saturated heterocycles. The number of amides is 1. The third-order valence-corrected chi connectivity index (χ3v) is 2.72. The normalized spacial score (nSPS) is 9.88. The number of hydrogen-bond donors (Lipinski definition) is 2. The SMILES string of the molecule is C=C(Br)CNCC(=O)Nc1ccccc1Br. The molecular weight excluding hydrogens is 336 g/mol. The van der Waals surface area contributed by atoms with Crippen LogP contribution in [0.3, 0.4) is 0 Å². The Balaban J connectivity index is 2.40. The van der Waals surface area contributed by atoms with Gasteiger partial charge in [0.2, 0.25) is 5.91 Å². The largest absolute Gasteiger partial charge is 0.324 e. The van der Waals surface area contributed by atoms with Crippen molar-refractivity contribution in [3.63, 3.8) is 0 Å². The summed E-state index contributed by atoms with van der Waals surface area (Å²) in [5.74, 6) is -0.0827. The van der Waals surface area contributed by atoms with Crippen LogP contribution >= 0.6 is 31.9 Å². The van der Waals surface area contributed by atoms with Crippen molar-refractivity contribution < 1.29 is 4.79 Å². The van der Waals surface area contributed by atoms with Crippen LogP contribution in [0.25, 0.3) is 0 Å². The maximum atomic E-state index is 11.5. The lowest BCUT2D eigenvalue weighted by Crippen LogP contribution is -2.28. The molecule has 3 nitrogen and oxygen atoms in total. The lowest BCUT2D eigenvalue weighted by molar-refractivity contribution is -0.115. The summed E-state index contributed by atoms with van der Waals surface area (Å²) < 4.78 is 1.69. The third kappa shape index (κ3) is 4.92. The molecule has 1 rings (SSSR count). The molecule has 5 heteroatoms. The lowest BCUT2D eigenvalue weighted by atomic mass is 10.3. The number of hydrogen-bond acceptors (Lipinski definition) is 2. The fourth-order valence-corrected chi connectivity index (χ4v) is 1.65.